The smallest absolute Gasteiger partial charge is 0.216 e. The minimum atomic E-state index is -0.385. The fourth-order valence-electron chi connectivity index (χ4n) is 2.34. The van der Waals surface area contributed by atoms with Gasteiger partial charge in [0, 0.05) is 22.8 Å². The number of nitrogens with one attached hydrogen (secondary N) is 2. The van der Waals surface area contributed by atoms with Crippen LogP contribution in [0.4, 0.5) is 15.9 Å². The molecule has 1 heterocycles. The second-order valence-corrected chi connectivity index (χ2v) is 6.40. The van der Waals surface area contributed by atoms with Crippen LogP contribution in [0.25, 0.3) is 10.9 Å². The Morgan fingerprint density at radius 3 is 2.85 bits per heavy atom. The average molecular weight is 419 g/mol. The van der Waals surface area contributed by atoms with Gasteiger partial charge in [-0.3, -0.25) is 4.79 Å². The molecule has 0 radical (unpaired) electrons. The number of anilines is 2. The lowest BCUT2D eigenvalue weighted by Gasteiger charge is -2.11. The SMILES string of the molecule is CC(=O)NCCOc1ccc2c(Nc3ccc(Br)cc3F)ncnc2c1. The zero-order valence-electron chi connectivity index (χ0n) is 13.9. The maximum absolute atomic E-state index is 14.0. The van der Waals surface area contributed by atoms with Gasteiger partial charge in [0.15, 0.2) is 0 Å². The highest BCUT2D eigenvalue weighted by atomic mass is 79.9. The number of rotatable bonds is 6. The van der Waals surface area contributed by atoms with Crippen molar-refractivity contribution >= 4 is 44.2 Å². The van der Waals surface area contributed by atoms with E-state index >= 15 is 0 Å². The van der Waals surface area contributed by atoms with Gasteiger partial charge in [0.25, 0.3) is 0 Å². The molecule has 134 valence electrons. The van der Waals surface area contributed by atoms with Crippen molar-refractivity contribution in [1.29, 1.82) is 0 Å². The maximum Gasteiger partial charge on any atom is 0.216 e. The molecule has 3 rings (SSSR count). The highest BCUT2D eigenvalue weighted by Gasteiger charge is 2.09. The Hall–Kier alpha value is -2.74. The largest absolute Gasteiger partial charge is 0.492 e. The lowest BCUT2D eigenvalue weighted by Crippen LogP contribution is -2.25. The summed E-state index contributed by atoms with van der Waals surface area (Å²) in [6.45, 7) is 2.23. The van der Waals surface area contributed by atoms with Crippen LogP contribution in [0.5, 0.6) is 5.75 Å². The minimum Gasteiger partial charge on any atom is -0.492 e. The van der Waals surface area contributed by atoms with Crippen LogP contribution in [0.3, 0.4) is 0 Å². The Bertz CT molecular complexity index is 952. The van der Waals surface area contributed by atoms with Crippen molar-refractivity contribution in [3.63, 3.8) is 0 Å². The van der Waals surface area contributed by atoms with E-state index in [1.165, 1.54) is 19.3 Å². The summed E-state index contributed by atoms with van der Waals surface area (Å²) in [4.78, 5) is 19.3. The van der Waals surface area contributed by atoms with Crippen LogP contribution in [0, 0.1) is 5.82 Å². The Balaban J connectivity index is 1.78. The quantitative estimate of drug-likeness (QED) is 0.595. The maximum atomic E-state index is 14.0. The molecule has 1 aromatic heterocycles. The van der Waals surface area contributed by atoms with E-state index in [1.54, 1.807) is 24.3 Å². The number of fused-ring (bicyclic) bond motifs is 1. The molecule has 0 aliphatic rings. The third kappa shape index (κ3) is 4.45. The summed E-state index contributed by atoms with van der Waals surface area (Å²) in [5.41, 5.74) is 0.987. The first kappa shape index (κ1) is 18.1. The molecule has 0 aliphatic carbocycles. The highest BCUT2D eigenvalue weighted by molar-refractivity contribution is 9.10. The van der Waals surface area contributed by atoms with Crippen molar-refractivity contribution in [2.45, 2.75) is 6.92 Å². The number of nitrogens with zero attached hydrogens (tertiary/aromatic N) is 2. The highest BCUT2D eigenvalue weighted by Crippen LogP contribution is 2.28. The minimum absolute atomic E-state index is 0.101. The molecule has 2 aromatic carbocycles. The van der Waals surface area contributed by atoms with E-state index in [2.05, 4.69) is 36.5 Å². The fraction of sp³-hybridized carbons (Fsp3) is 0.167. The van der Waals surface area contributed by atoms with Gasteiger partial charge in [0.2, 0.25) is 5.91 Å². The molecule has 0 bridgehead atoms. The Morgan fingerprint density at radius 2 is 2.08 bits per heavy atom. The van der Waals surface area contributed by atoms with Gasteiger partial charge in [-0.1, -0.05) is 15.9 Å². The van der Waals surface area contributed by atoms with E-state index in [9.17, 15) is 9.18 Å². The third-order valence-corrected chi connectivity index (χ3v) is 4.03. The molecular weight excluding hydrogens is 403 g/mol. The molecule has 0 fully saturated rings. The van der Waals surface area contributed by atoms with Crippen LogP contribution in [0.15, 0.2) is 47.2 Å². The van der Waals surface area contributed by atoms with Crippen molar-refractivity contribution in [2.75, 3.05) is 18.5 Å². The number of halogens is 2. The van der Waals surface area contributed by atoms with Crippen molar-refractivity contribution in [3.8, 4) is 5.75 Å². The van der Waals surface area contributed by atoms with Gasteiger partial charge in [-0.05, 0) is 30.3 Å². The molecule has 3 aromatic rings. The third-order valence-electron chi connectivity index (χ3n) is 3.54. The van der Waals surface area contributed by atoms with Gasteiger partial charge < -0.3 is 15.4 Å². The summed E-state index contributed by atoms with van der Waals surface area (Å²) in [5.74, 6) is 0.642. The molecule has 1 amide bonds. The molecule has 0 saturated heterocycles. The van der Waals surface area contributed by atoms with Crippen LogP contribution in [-0.2, 0) is 4.79 Å². The number of hydrogen-bond donors (Lipinski definition) is 2. The number of aromatic nitrogens is 2. The average Bonchev–Trinajstić information content (AvgIpc) is 2.61. The number of ether oxygens (including phenoxy) is 1. The molecule has 0 aliphatic heterocycles. The Kier molecular flexibility index (Phi) is 5.62. The molecular formula is C18H16BrFN4O2. The van der Waals surface area contributed by atoms with E-state index < -0.39 is 0 Å². The summed E-state index contributed by atoms with van der Waals surface area (Å²) in [6, 6.07) is 10.1. The number of hydrogen-bond acceptors (Lipinski definition) is 5. The normalized spacial score (nSPS) is 10.6. The number of carbonyl (C=O) groups excluding carboxylic acids is 1. The monoisotopic (exact) mass is 418 g/mol. The Morgan fingerprint density at radius 1 is 1.23 bits per heavy atom. The molecule has 0 spiro atoms. The van der Waals surface area contributed by atoms with Crippen LogP contribution < -0.4 is 15.4 Å². The van der Waals surface area contributed by atoms with Gasteiger partial charge in [-0.15, -0.1) is 0 Å². The van der Waals surface area contributed by atoms with Crippen LogP contribution >= 0.6 is 15.9 Å². The van der Waals surface area contributed by atoms with Crippen LogP contribution in [-0.4, -0.2) is 29.0 Å². The summed E-state index contributed by atoms with van der Waals surface area (Å²) in [6.07, 6.45) is 1.41. The van der Waals surface area contributed by atoms with Crippen molar-refractivity contribution in [3.05, 3.63) is 53.0 Å². The summed E-state index contributed by atoms with van der Waals surface area (Å²) >= 11 is 3.23. The first-order chi connectivity index (χ1) is 12.5. The zero-order valence-corrected chi connectivity index (χ0v) is 15.5. The first-order valence-electron chi connectivity index (χ1n) is 7.87. The molecule has 6 nitrogen and oxygen atoms in total. The van der Waals surface area contributed by atoms with Gasteiger partial charge in [0.1, 0.15) is 30.3 Å². The van der Waals surface area contributed by atoms with Crippen molar-refractivity contribution < 1.29 is 13.9 Å². The van der Waals surface area contributed by atoms with Gasteiger partial charge >= 0.3 is 0 Å². The summed E-state index contributed by atoms with van der Waals surface area (Å²) in [7, 11) is 0. The summed E-state index contributed by atoms with van der Waals surface area (Å²) < 4.78 is 20.3. The number of benzene rings is 2. The van der Waals surface area contributed by atoms with E-state index in [-0.39, 0.29) is 11.7 Å². The van der Waals surface area contributed by atoms with Crippen molar-refractivity contribution in [2.24, 2.45) is 0 Å². The van der Waals surface area contributed by atoms with Crippen LogP contribution in [0.1, 0.15) is 6.92 Å². The second-order valence-electron chi connectivity index (χ2n) is 5.48. The van der Waals surface area contributed by atoms with E-state index in [1.807, 2.05) is 6.07 Å². The molecule has 26 heavy (non-hydrogen) atoms. The van der Waals surface area contributed by atoms with Gasteiger partial charge in [-0.2, -0.15) is 0 Å². The predicted molar refractivity (Wildman–Crippen MR) is 101 cm³/mol. The van der Waals surface area contributed by atoms with E-state index in [0.717, 1.165) is 5.39 Å². The lowest BCUT2D eigenvalue weighted by atomic mass is 10.2. The first-order valence-corrected chi connectivity index (χ1v) is 8.66. The topological polar surface area (TPSA) is 76.1 Å². The van der Waals surface area contributed by atoms with E-state index in [4.69, 9.17) is 4.74 Å². The second kappa shape index (κ2) is 8.09. The molecule has 0 atom stereocenters. The summed E-state index contributed by atoms with van der Waals surface area (Å²) in [5, 5.41) is 6.39. The molecule has 0 saturated carbocycles. The Labute approximate surface area is 157 Å². The molecule has 8 heteroatoms. The van der Waals surface area contributed by atoms with Gasteiger partial charge in [-0.25, -0.2) is 14.4 Å². The number of carbonyl (C=O) groups is 1. The number of amides is 1. The lowest BCUT2D eigenvalue weighted by molar-refractivity contribution is -0.119. The van der Waals surface area contributed by atoms with Crippen LogP contribution in [0.2, 0.25) is 0 Å². The molecule has 2 N–H and O–H groups in total. The standard InChI is InChI=1S/C18H16BrFN4O2/c1-11(25)21-6-7-26-13-3-4-14-17(9-13)22-10-23-18(14)24-16-5-2-12(19)8-15(16)20/h2-5,8-10H,6-7H2,1H3,(H,21,25)(H,22,23,24). The van der Waals surface area contributed by atoms with Crippen molar-refractivity contribution in [1.82, 2.24) is 15.3 Å². The van der Waals surface area contributed by atoms with Gasteiger partial charge in [0.05, 0.1) is 17.7 Å². The zero-order chi connectivity index (χ0) is 18.5. The van der Waals surface area contributed by atoms with E-state index in [0.29, 0.717) is 40.4 Å². The predicted octanol–water partition coefficient (Wildman–Crippen LogP) is 3.79. The fourth-order valence-corrected chi connectivity index (χ4v) is 2.67. The molecule has 0 unspecified atom stereocenters.